The zero-order chi connectivity index (χ0) is 19.2. The van der Waals surface area contributed by atoms with E-state index in [0.29, 0.717) is 0 Å². The van der Waals surface area contributed by atoms with Crippen molar-refractivity contribution in [2.75, 3.05) is 0 Å². The van der Waals surface area contributed by atoms with Gasteiger partial charge < -0.3 is 14.7 Å². The largest absolute Gasteiger partial charge is 0.393 e. The number of carbonyl (C=O) groups excluding carboxylic acids is 3. The van der Waals surface area contributed by atoms with Gasteiger partial charge in [0.1, 0.15) is 0 Å². The van der Waals surface area contributed by atoms with Crippen LogP contribution in [0.15, 0.2) is 30.3 Å². The number of hydrogen-bond acceptors (Lipinski definition) is 7. The average molecular weight is 362 g/mol. The fraction of sp³-hybridized carbons (Fsp3) is 0.471. The third kappa shape index (κ3) is 2.64. The number of nitro groups is 1. The number of carbonyl (C=O) groups is 3. The Balaban J connectivity index is 1.82. The van der Waals surface area contributed by atoms with E-state index >= 15 is 0 Å². The van der Waals surface area contributed by atoms with Crippen molar-refractivity contribution in [2.24, 2.45) is 11.8 Å². The number of nitrogens with zero attached hydrogens (tertiary/aromatic N) is 2. The highest BCUT2D eigenvalue weighted by atomic mass is 16.7. The Kier molecular flexibility index (Phi) is 4.49. The topological polar surface area (TPSA) is 127 Å². The number of Topliss-reactive ketones (excluding diaryl/α,β-unsaturated/α-hetero) is 1. The van der Waals surface area contributed by atoms with Gasteiger partial charge in [0, 0.05) is 5.92 Å². The van der Waals surface area contributed by atoms with Gasteiger partial charge in [0.15, 0.2) is 11.8 Å². The fourth-order valence-electron chi connectivity index (χ4n) is 3.71. The molecule has 9 heteroatoms. The van der Waals surface area contributed by atoms with E-state index < -0.39 is 58.8 Å². The molecule has 138 valence electrons. The van der Waals surface area contributed by atoms with Gasteiger partial charge in [0.2, 0.25) is 5.91 Å². The second kappa shape index (κ2) is 6.49. The van der Waals surface area contributed by atoms with E-state index in [2.05, 4.69) is 0 Å². The van der Waals surface area contributed by atoms with Crippen LogP contribution in [0.5, 0.6) is 0 Å². The number of esters is 1. The summed E-state index contributed by atoms with van der Waals surface area (Å²) in [7, 11) is 0. The number of aliphatic hydroxyl groups is 1. The molecule has 1 amide bonds. The summed E-state index contributed by atoms with van der Waals surface area (Å²) >= 11 is 0. The summed E-state index contributed by atoms with van der Waals surface area (Å²) in [5.41, 5.74) is 0.151. The lowest BCUT2D eigenvalue weighted by molar-refractivity contribution is -0.576. The number of hydrogen-bond donors (Lipinski definition) is 1. The summed E-state index contributed by atoms with van der Waals surface area (Å²) in [5, 5.41) is 21.0. The van der Waals surface area contributed by atoms with Gasteiger partial charge in [-0.3, -0.25) is 19.7 Å². The Morgan fingerprint density at radius 2 is 1.92 bits per heavy atom. The van der Waals surface area contributed by atoms with Crippen molar-refractivity contribution in [3.63, 3.8) is 0 Å². The second-order valence-corrected chi connectivity index (χ2v) is 6.58. The van der Waals surface area contributed by atoms with Crippen molar-refractivity contribution < 1.29 is 29.2 Å². The maximum absolute atomic E-state index is 12.5. The second-order valence-electron chi connectivity index (χ2n) is 6.58. The molecule has 2 aliphatic heterocycles. The maximum Gasteiger partial charge on any atom is 0.382 e. The Labute approximate surface area is 148 Å². The Bertz CT molecular complexity index is 764. The molecule has 26 heavy (non-hydrogen) atoms. The Morgan fingerprint density at radius 1 is 1.31 bits per heavy atom. The molecule has 6 atom stereocenters. The lowest BCUT2D eigenvalue weighted by Gasteiger charge is -2.46. The van der Waals surface area contributed by atoms with Crippen LogP contribution in [0.25, 0.3) is 0 Å². The predicted molar refractivity (Wildman–Crippen MR) is 86.0 cm³/mol. The first-order valence-corrected chi connectivity index (χ1v) is 8.18. The first-order chi connectivity index (χ1) is 12.3. The first-order valence-electron chi connectivity index (χ1n) is 8.18. The zero-order valence-corrected chi connectivity index (χ0v) is 14.1. The smallest absolute Gasteiger partial charge is 0.382 e. The summed E-state index contributed by atoms with van der Waals surface area (Å²) in [6, 6.07) is 5.53. The van der Waals surface area contributed by atoms with Gasteiger partial charge in [-0.2, -0.15) is 0 Å². The Morgan fingerprint density at radius 3 is 2.46 bits per heavy atom. The quantitative estimate of drug-likeness (QED) is 0.199. The van der Waals surface area contributed by atoms with Crippen molar-refractivity contribution in [2.45, 2.75) is 38.3 Å². The molecule has 0 aromatic heterocycles. The van der Waals surface area contributed by atoms with Crippen LogP contribution >= 0.6 is 0 Å². The van der Waals surface area contributed by atoms with Gasteiger partial charge in [-0.25, -0.2) is 4.79 Å². The first kappa shape index (κ1) is 18.0. The molecule has 0 radical (unpaired) electrons. The normalized spacial score (nSPS) is 29.6. The number of benzene rings is 1. The molecule has 2 saturated heterocycles. The molecule has 9 nitrogen and oxygen atoms in total. The van der Waals surface area contributed by atoms with Gasteiger partial charge in [0.05, 0.1) is 28.6 Å². The van der Waals surface area contributed by atoms with Gasteiger partial charge >= 0.3 is 12.2 Å². The van der Waals surface area contributed by atoms with Gasteiger partial charge in [-0.1, -0.05) is 25.1 Å². The molecule has 3 rings (SSSR count). The van der Waals surface area contributed by atoms with Crippen molar-refractivity contribution in [1.82, 2.24) is 4.90 Å². The van der Waals surface area contributed by atoms with Crippen LogP contribution in [0.1, 0.15) is 25.6 Å². The third-order valence-corrected chi connectivity index (χ3v) is 4.98. The standard InChI is InChI=1S/C17H18N2O7/c1-8-12-11(9(2)20)15(22)18(12)13(14(8)21)17(23)26-16(19(24)25)10-6-4-3-5-7-10/h3-9,11-13,16,20H,1-2H3/t8-,9-,11-,12-,13?,16?/m1/s1. The molecule has 1 aromatic rings. The number of fused-ring (bicyclic) bond motifs is 1. The summed E-state index contributed by atoms with van der Waals surface area (Å²) in [6.45, 7) is 3.01. The van der Waals surface area contributed by atoms with E-state index in [0.717, 1.165) is 4.90 Å². The lowest BCUT2D eigenvalue weighted by Crippen LogP contribution is -2.65. The van der Waals surface area contributed by atoms with E-state index in [1.54, 1.807) is 25.1 Å². The van der Waals surface area contributed by atoms with Gasteiger partial charge in [-0.15, -0.1) is 0 Å². The molecule has 2 heterocycles. The molecular weight excluding hydrogens is 344 g/mol. The molecule has 1 aromatic carbocycles. The summed E-state index contributed by atoms with van der Waals surface area (Å²) in [4.78, 5) is 48.8. The highest BCUT2D eigenvalue weighted by Gasteiger charge is 2.65. The summed E-state index contributed by atoms with van der Waals surface area (Å²) < 4.78 is 4.98. The van der Waals surface area contributed by atoms with Crippen LogP contribution in [0, 0.1) is 22.0 Å². The average Bonchev–Trinajstić information content (AvgIpc) is 2.81. The van der Waals surface area contributed by atoms with Crippen LogP contribution in [0.4, 0.5) is 0 Å². The number of ketones is 1. The predicted octanol–water partition coefficient (Wildman–Crippen LogP) is 0.300. The summed E-state index contributed by atoms with van der Waals surface area (Å²) in [5.74, 6) is -3.61. The van der Waals surface area contributed by atoms with Crippen molar-refractivity contribution in [3.8, 4) is 0 Å². The minimum absolute atomic E-state index is 0.151. The molecular formula is C17H18N2O7. The molecule has 0 bridgehead atoms. The number of β-lactam (4-membered cyclic amide) rings is 1. The van der Waals surface area contributed by atoms with E-state index in [1.165, 1.54) is 19.1 Å². The highest BCUT2D eigenvalue weighted by Crippen LogP contribution is 2.43. The molecule has 1 N–H and O–H groups in total. The molecule has 0 spiro atoms. The van der Waals surface area contributed by atoms with Crippen molar-refractivity contribution in [3.05, 3.63) is 46.0 Å². The van der Waals surface area contributed by atoms with Gasteiger partial charge in [0.25, 0.3) is 0 Å². The van der Waals surface area contributed by atoms with E-state index in [-0.39, 0.29) is 5.56 Å². The third-order valence-electron chi connectivity index (χ3n) is 4.98. The molecule has 0 saturated carbocycles. The van der Waals surface area contributed by atoms with Crippen LogP contribution < -0.4 is 0 Å². The molecule has 2 fully saturated rings. The Hall–Kier alpha value is -2.81. The van der Waals surface area contributed by atoms with E-state index in [1.807, 2.05) is 0 Å². The van der Waals surface area contributed by atoms with Crippen molar-refractivity contribution in [1.29, 1.82) is 0 Å². The fourth-order valence-corrected chi connectivity index (χ4v) is 3.71. The molecule has 2 aliphatic rings. The van der Waals surface area contributed by atoms with E-state index in [9.17, 15) is 29.6 Å². The van der Waals surface area contributed by atoms with Crippen LogP contribution in [-0.4, -0.2) is 50.8 Å². The van der Waals surface area contributed by atoms with Crippen LogP contribution in [-0.2, 0) is 19.1 Å². The van der Waals surface area contributed by atoms with Crippen LogP contribution in [0.3, 0.4) is 0 Å². The number of ether oxygens (including phenoxy) is 1. The minimum Gasteiger partial charge on any atom is -0.393 e. The maximum atomic E-state index is 12.5. The number of amides is 1. The number of rotatable bonds is 5. The zero-order valence-electron chi connectivity index (χ0n) is 14.1. The SMILES string of the molecule is C[C@@H](O)[C@H]1C(=O)N2C(C(=O)OC(c3ccccc3)[N+](=O)[O-])C(=O)[C@H](C)[C@H]12. The summed E-state index contributed by atoms with van der Waals surface area (Å²) in [6.07, 6.45) is -2.72. The lowest BCUT2D eigenvalue weighted by atomic mass is 9.79. The van der Waals surface area contributed by atoms with Gasteiger partial charge in [-0.05, 0) is 19.1 Å². The van der Waals surface area contributed by atoms with Crippen molar-refractivity contribution >= 4 is 17.7 Å². The molecule has 2 unspecified atom stereocenters. The minimum atomic E-state index is -1.77. The number of aliphatic hydroxyl groups excluding tert-OH is 1. The van der Waals surface area contributed by atoms with E-state index in [4.69, 9.17) is 4.74 Å². The molecule has 0 aliphatic carbocycles. The van der Waals surface area contributed by atoms with Crippen LogP contribution in [0.2, 0.25) is 0 Å². The highest BCUT2D eigenvalue weighted by molar-refractivity contribution is 6.12. The monoisotopic (exact) mass is 362 g/mol.